The number of rotatable bonds is 6. The molecule has 1 N–H and O–H groups in total. The third kappa shape index (κ3) is 4.01. The fourth-order valence-corrected chi connectivity index (χ4v) is 2.53. The summed E-state index contributed by atoms with van der Waals surface area (Å²) in [6, 6.07) is 16.9. The molecule has 3 heteroatoms. The fourth-order valence-electron chi connectivity index (χ4n) is 2.27. The highest BCUT2D eigenvalue weighted by Crippen LogP contribution is 2.19. The number of hydrogen-bond donors (Lipinski definition) is 1. The molecule has 0 aliphatic carbocycles. The van der Waals surface area contributed by atoms with Crippen LogP contribution in [0.3, 0.4) is 0 Å². The summed E-state index contributed by atoms with van der Waals surface area (Å²) in [6.45, 7) is 7.32. The maximum atomic E-state index is 3.46. The molecule has 0 spiro atoms. The molecule has 0 heterocycles. The lowest BCUT2D eigenvalue weighted by Crippen LogP contribution is -2.29. The minimum atomic E-state index is 0.934. The van der Waals surface area contributed by atoms with E-state index in [0.717, 1.165) is 29.8 Å². The second-order valence-corrected chi connectivity index (χ2v) is 5.72. The molecule has 2 nitrogen and oxygen atoms in total. The Hall–Kier alpha value is -1.48. The predicted octanol–water partition coefficient (Wildman–Crippen LogP) is 4.70. The van der Waals surface area contributed by atoms with Gasteiger partial charge in [-0.25, -0.2) is 0 Å². The third-order valence-corrected chi connectivity index (χ3v) is 3.92. The SMILES string of the molecule is CCN(CCNc1ccc(Br)cc1)c1ccccc1C. The van der Waals surface area contributed by atoms with Gasteiger partial charge in [0.1, 0.15) is 0 Å². The van der Waals surface area contributed by atoms with Crippen LogP contribution in [0.2, 0.25) is 0 Å². The van der Waals surface area contributed by atoms with E-state index >= 15 is 0 Å². The van der Waals surface area contributed by atoms with Crippen LogP contribution >= 0.6 is 15.9 Å². The van der Waals surface area contributed by atoms with Crippen LogP contribution in [0.5, 0.6) is 0 Å². The van der Waals surface area contributed by atoms with Crippen LogP contribution < -0.4 is 10.2 Å². The molecule has 0 aromatic heterocycles. The summed E-state index contributed by atoms with van der Waals surface area (Å²) in [5, 5.41) is 3.46. The van der Waals surface area contributed by atoms with Crippen LogP contribution in [0.4, 0.5) is 11.4 Å². The second-order valence-electron chi connectivity index (χ2n) is 4.80. The van der Waals surface area contributed by atoms with Crippen molar-refractivity contribution in [1.82, 2.24) is 0 Å². The number of anilines is 2. The van der Waals surface area contributed by atoms with Crippen molar-refractivity contribution >= 4 is 27.3 Å². The van der Waals surface area contributed by atoms with Crippen molar-refractivity contribution in [3.05, 3.63) is 58.6 Å². The number of likely N-dealkylation sites (N-methyl/N-ethyl adjacent to an activating group) is 1. The summed E-state index contributed by atoms with van der Waals surface area (Å²) in [6.07, 6.45) is 0. The minimum absolute atomic E-state index is 0.934. The largest absolute Gasteiger partial charge is 0.383 e. The van der Waals surface area contributed by atoms with E-state index in [1.807, 2.05) is 0 Å². The molecule has 0 fully saturated rings. The van der Waals surface area contributed by atoms with Gasteiger partial charge in [-0.05, 0) is 49.7 Å². The number of hydrogen-bond acceptors (Lipinski definition) is 2. The first-order chi connectivity index (χ1) is 9.70. The molecular weight excluding hydrogens is 312 g/mol. The van der Waals surface area contributed by atoms with E-state index in [9.17, 15) is 0 Å². The Balaban J connectivity index is 1.91. The molecule has 0 radical (unpaired) electrons. The normalized spacial score (nSPS) is 10.3. The molecule has 0 saturated carbocycles. The van der Waals surface area contributed by atoms with Gasteiger partial charge in [-0.2, -0.15) is 0 Å². The van der Waals surface area contributed by atoms with Crippen molar-refractivity contribution in [2.75, 3.05) is 29.9 Å². The fraction of sp³-hybridized carbons (Fsp3) is 0.294. The Bertz CT molecular complexity index is 537. The van der Waals surface area contributed by atoms with Gasteiger partial charge in [0.15, 0.2) is 0 Å². The van der Waals surface area contributed by atoms with Gasteiger partial charge in [-0.3, -0.25) is 0 Å². The Kier molecular flexibility index (Phi) is 5.48. The average Bonchev–Trinajstić information content (AvgIpc) is 2.47. The highest BCUT2D eigenvalue weighted by Gasteiger charge is 2.06. The molecule has 0 saturated heterocycles. The van der Waals surface area contributed by atoms with Crippen LogP contribution in [0, 0.1) is 6.92 Å². The van der Waals surface area contributed by atoms with Crippen molar-refractivity contribution in [2.24, 2.45) is 0 Å². The van der Waals surface area contributed by atoms with Gasteiger partial charge in [0.2, 0.25) is 0 Å². The zero-order chi connectivity index (χ0) is 14.4. The molecule has 20 heavy (non-hydrogen) atoms. The lowest BCUT2D eigenvalue weighted by molar-refractivity contribution is 0.831. The molecule has 0 aliphatic rings. The minimum Gasteiger partial charge on any atom is -0.383 e. The van der Waals surface area contributed by atoms with E-state index in [4.69, 9.17) is 0 Å². The smallest absolute Gasteiger partial charge is 0.0396 e. The van der Waals surface area contributed by atoms with Crippen LogP contribution in [-0.4, -0.2) is 19.6 Å². The Morgan fingerprint density at radius 3 is 2.40 bits per heavy atom. The summed E-state index contributed by atoms with van der Waals surface area (Å²) in [5.74, 6) is 0. The zero-order valence-corrected chi connectivity index (χ0v) is 13.7. The van der Waals surface area contributed by atoms with Crippen molar-refractivity contribution in [2.45, 2.75) is 13.8 Å². The molecule has 2 aromatic carbocycles. The standard InChI is InChI=1S/C17H21BrN2/c1-3-20(17-7-5-4-6-14(17)2)13-12-19-16-10-8-15(18)9-11-16/h4-11,19H,3,12-13H2,1-2H3. The van der Waals surface area contributed by atoms with Crippen LogP contribution in [0.15, 0.2) is 53.0 Å². The lowest BCUT2D eigenvalue weighted by atomic mass is 10.2. The first kappa shape index (κ1) is 14.9. The third-order valence-electron chi connectivity index (χ3n) is 3.39. The second kappa shape index (κ2) is 7.34. The number of halogens is 1. The number of para-hydroxylation sites is 1. The number of benzene rings is 2. The monoisotopic (exact) mass is 332 g/mol. The average molecular weight is 333 g/mol. The summed E-state index contributed by atoms with van der Waals surface area (Å²) in [7, 11) is 0. The lowest BCUT2D eigenvalue weighted by Gasteiger charge is -2.25. The Morgan fingerprint density at radius 1 is 1.05 bits per heavy atom. The van der Waals surface area contributed by atoms with E-state index in [0.29, 0.717) is 0 Å². The first-order valence-corrected chi connectivity index (χ1v) is 7.80. The topological polar surface area (TPSA) is 15.3 Å². The maximum Gasteiger partial charge on any atom is 0.0396 e. The van der Waals surface area contributed by atoms with E-state index in [2.05, 4.69) is 88.5 Å². The highest BCUT2D eigenvalue weighted by molar-refractivity contribution is 9.10. The molecule has 0 unspecified atom stereocenters. The summed E-state index contributed by atoms with van der Waals surface area (Å²) in [5.41, 5.74) is 3.82. The molecule has 0 bridgehead atoms. The van der Waals surface area contributed by atoms with Crippen molar-refractivity contribution in [3.8, 4) is 0 Å². The van der Waals surface area contributed by atoms with E-state index in [1.54, 1.807) is 0 Å². The van der Waals surface area contributed by atoms with E-state index in [1.165, 1.54) is 11.3 Å². The van der Waals surface area contributed by atoms with Gasteiger partial charge in [0.25, 0.3) is 0 Å². The van der Waals surface area contributed by atoms with Gasteiger partial charge >= 0.3 is 0 Å². The molecule has 0 amide bonds. The van der Waals surface area contributed by atoms with Gasteiger partial charge < -0.3 is 10.2 Å². The molecular formula is C17H21BrN2. The maximum absolute atomic E-state index is 3.46. The van der Waals surface area contributed by atoms with Crippen LogP contribution in [0.1, 0.15) is 12.5 Å². The van der Waals surface area contributed by atoms with E-state index < -0.39 is 0 Å². The van der Waals surface area contributed by atoms with Gasteiger partial charge in [-0.15, -0.1) is 0 Å². The van der Waals surface area contributed by atoms with Gasteiger partial charge in [0.05, 0.1) is 0 Å². The number of nitrogens with zero attached hydrogens (tertiary/aromatic N) is 1. The number of aryl methyl sites for hydroxylation is 1. The van der Waals surface area contributed by atoms with E-state index in [-0.39, 0.29) is 0 Å². The molecule has 2 rings (SSSR count). The predicted molar refractivity (Wildman–Crippen MR) is 91.7 cm³/mol. The summed E-state index contributed by atoms with van der Waals surface area (Å²) >= 11 is 3.45. The van der Waals surface area contributed by atoms with Gasteiger partial charge in [0, 0.05) is 35.5 Å². The summed E-state index contributed by atoms with van der Waals surface area (Å²) < 4.78 is 1.11. The number of nitrogens with one attached hydrogen (secondary N) is 1. The van der Waals surface area contributed by atoms with Crippen LogP contribution in [0.25, 0.3) is 0 Å². The Morgan fingerprint density at radius 2 is 1.75 bits per heavy atom. The molecule has 0 aliphatic heterocycles. The zero-order valence-electron chi connectivity index (χ0n) is 12.1. The molecule has 2 aromatic rings. The van der Waals surface area contributed by atoms with Crippen molar-refractivity contribution in [1.29, 1.82) is 0 Å². The molecule has 106 valence electrons. The summed E-state index contributed by atoms with van der Waals surface area (Å²) in [4.78, 5) is 2.40. The highest BCUT2D eigenvalue weighted by atomic mass is 79.9. The Labute approximate surface area is 129 Å². The molecule has 0 atom stereocenters. The first-order valence-electron chi connectivity index (χ1n) is 7.00. The quantitative estimate of drug-likeness (QED) is 0.825. The van der Waals surface area contributed by atoms with Crippen molar-refractivity contribution in [3.63, 3.8) is 0 Å². The van der Waals surface area contributed by atoms with Crippen LogP contribution in [-0.2, 0) is 0 Å². The van der Waals surface area contributed by atoms with Gasteiger partial charge in [-0.1, -0.05) is 34.1 Å². The van der Waals surface area contributed by atoms with Crippen molar-refractivity contribution < 1.29 is 0 Å².